The van der Waals surface area contributed by atoms with E-state index in [9.17, 15) is 9.90 Å². The summed E-state index contributed by atoms with van der Waals surface area (Å²) in [5.74, 6) is -1.31. The van der Waals surface area contributed by atoms with Crippen LogP contribution in [0.3, 0.4) is 0 Å². The molecule has 0 unspecified atom stereocenters. The molecule has 0 amide bonds. The van der Waals surface area contributed by atoms with E-state index in [1.165, 1.54) is 14.2 Å². The van der Waals surface area contributed by atoms with Crippen LogP contribution in [0.15, 0.2) is 41.9 Å². The molecule has 0 spiro atoms. The SMILES string of the molecule is COC(=O)/C(Cc1ccccc1)=C(/[O-])OC. The topological polar surface area (TPSA) is 58.6 Å². The van der Waals surface area contributed by atoms with Crippen molar-refractivity contribution in [3.8, 4) is 0 Å². The second-order valence-electron chi connectivity index (χ2n) is 3.12. The molecule has 0 bridgehead atoms. The van der Waals surface area contributed by atoms with E-state index < -0.39 is 11.9 Å². The number of rotatable bonds is 4. The summed E-state index contributed by atoms with van der Waals surface area (Å²) in [4.78, 5) is 11.4. The molecule has 4 nitrogen and oxygen atoms in total. The van der Waals surface area contributed by atoms with E-state index in [1.54, 1.807) is 0 Å². The highest BCUT2D eigenvalue weighted by Gasteiger charge is 2.12. The average Bonchev–Trinajstić information content (AvgIpc) is 2.35. The Kier molecular flexibility index (Phi) is 4.39. The summed E-state index contributed by atoms with van der Waals surface area (Å²) >= 11 is 0. The Morgan fingerprint density at radius 2 is 1.81 bits per heavy atom. The molecule has 1 rings (SSSR count). The average molecular weight is 221 g/mol. The maximum absolute atomic E-state index is 11.4. The van der Waals surface area contributed by atoms with Crippen LogP contribution in [-0.2, 0) is 20.7 Å². The van der Waals surface area contributed by atoms with Crippen LogP contribution < -0.4 is 5.11 Å². The highest BCUT2D eigenvalue weighted by atomic mass is 16.6. The van der Waals surface area contributed by atoms with Gasteiger partial charge < -0.3 is 14.6 Å². The molecule has 0 saturated heterocycles. The maximum atomic E-state index is 11.4. The van der Waals surface area contributed by atoms with Crippen molar-refractivity contribution in [2.24, 2.45) is 0 Å². The summed E-state index contributed by atoms with van der Waals surface area (Å²) in [6, 6.07) is 9.18. The lowest BCUT2D eigenvalue weighted by atomic mass is 10.1. The maximum Gasteiger partial charge on any atom is 0.335 e. The lowest BCUT2D eigenvalue weighted by Gasteiger charge is -2.15. The third-order valence-corrected chi connectivity index (χ3v) is 2.09. The van der Waals surface area contributed by atoms with Crippen molar-refractivity contribution in [2.45, 2.75) is 6.42 Å². The van der Waals surface area contributed by atoms with E-state index in [-0.39, 0.29) is 12.0 Å². The van der Waals surface area contributed by atoms with Gasteiger partial charge in [-0.25, -0.2) is 4.79 Å². The van der Waals surface area contributed by atoms with Crippen LogP contribution in [0, 0.1) is 0 Å². The normalized spacial score (nSPS) is 11.6. The summed E-state index contributed by atoms with van der Waals surface area (Å²) in [6.45, 7) is 0. The molecule has 0 fully saturated rings. The molecule has 0 heterocycles. The molecule has 0 saturated carbocycles. The van der Waals surface area contributed by atoms with Crippen molar-refractivity contribution < 1.29 is 19.4 Å². The van der Waals surface area contributed by atoms with Crippen LogP contribution in [0.2, 0.25) is 0 Å². The second kappa shape index (κ2) is 5.80. The quantitative estimate of drug-likeness (QED) is 0.425. The molecular weight excluding hydrogens is 208 g/mol. The highest BCUT2D eigenvalue weighted by Crippen LogP contribution is 2.11. The molecule has 0 aliphatic heterocycles. The number of carbonyl (C=O) groups excluding carboxylic acids is 1. The predicted octanol–water partition coefficient (Wildman–Crippen LogP) is 0.620. The van der Waals surface area contributed by atoms with Crippen LogP contribution >= 0.6 is 0 Å². The molecule has 1 aromatic rings. The van der Waals surface area contributed by atoms with Gasteiger partial charge in [-0.1, -0.05) is 30.3 Å². The third kappa shape index (κ3) is 3.02. The molecule has 0 radical (unpaired) electrons. The Labute approximate surface area is 94.1 Å². The number of esters is 1. The Balaban J connectivity index is 2.93. The van der Waals surface area contributed by atoms with Crippen molar-refractivity contribution in [3.05, 3.63) is 47.4 Å². The lowest BCUT2D eigenvalue weighted by Crippen LogP contribution is -2.18. The zero-order valence-electron chi connectivity index (χ0n) is 9.23. The molecule has 86 valence electrons. The molecule has 16 heavy (non-hydrogen) atoms. The summed E-state index contributed by atoms with van der Waals surface area (Å²) in [6.07, 6.45) is 0.209. The fraction of sp³-hybridized carbons (Fsp3) is 0.250. The molecule has 0 aromatic heterocycles. The Bertz CT molecular complexity index is 381. The molecule has 0 aliphatic rings. The largest absolute Gasteiger partial charge is 0.616 e. The van der Waals surface area contributed by atoms with Gasteiger partial charge in [0.15, 0.2) is 0 Å². The Morgan fingerprint density at radius 3 is 2.31 bits per heavy atom. The van der Waals surface area contributed by atoms with Gasteiger partial charge in [0.05, 0.1) is 18.6 Å². The first-order chi connectivity index (χ1) is 7.69. The van der Waals surface area contributed by atoms with E-state index in [1.807, 2.05) is 30.3 Å². The van der Waals surface area contributed by atoms with Gasteiger partial charge in [-0.3, -0.25) is 0 Å². The van der Waals surface area contributed by atoms with Gasteiger partial charge in [0.2, 0.25) is 0 Å². The van der Waals surface area contributed by atoms with Crippen molar-refractivity contribution in [2.75, 3.05) is 14.2 Å². The van der Waals surface area contributed by atoms with Gasteiger partial charge in [0.1, 0.15) is 0 Å². The van der Waals surface area contributed by atoms with Gasteiger partial charge in [-0.05, 0) is 12.7 Å². The smallest absolute Gasteiger partial charge is 0.335 e. The number of hydrogen-bond acceptors (Lipinski definition) is 4. The van der Waals surface area contributed by atoms with Crippen molar-refractivity contribution in [3.63, 3.8) is 0 Å². The first-order valence-electron chi connectivity index (χ1n) is 4.75. The summed E-state index contributed by atoms with van der Waals surface area (Å²) < 4.78 is 9.06. The Hall–Kier alpha value is -1.97. The zero-order chi connectivity index (χ0) is 12.0. The number of carbonyl (C=O) groups is 1. The van der Waals surface area contributed by atoms with Gasteiger partial charge in [0.25, 0.3) is 0 Å². The Morgan fingerprint density at radius 1 is 1.19 bits per heavy atom. The third-order valence-electron chi connectivity index (χ3n) is 2.09. The monoisotopic (exact) mass is 221 g/mol. The fourth-order valence-corrected chi connectivity index (χ4v) is 1.27. The minimum Gasteiger partial charge on any atom is -0.616 e. The summed E-state index contributed by atoms with van der Waals surface area (Å²) in [7, 11) is 2.46. The molecule has 4 heteroatoms. The van der Waals surface area contributed by atoms with Gasteiger partial charge in [-0.2, -0.15) is 0 Å². The zero-order valence-corrected chi connectivity index (χ0v) is 9.23. The van der Waals surface area contributed by atoms with E-state index in [4.69, 9.17) is 0 Å². The fourth-order valence-electron chi connectivity index (χ4n) is 1.27. The van der Waals surface area contributed by atoms with E-state index >= 15 is 0 Å². The van der Waals surface area contributed by atoms with Crippen LogP contribution in [0.4, 0.5) is 0 Å². The minimum absolute atomic E-state index is 0.00352. The van der Waals surface area contributed by atoms with Gasteiger partial charge >= 0.3 is 5.97 Å². The highest BCUT2D eigenvalue weighted by molar-refractivity contribution is 5.88. The van der Waals surface area contributed by atoms with Crippen LogP contribution in [0.5, 0.6) is 0 Å². The molecular formula is C12H13O4-. The molecule has 1 aromatic carbocycles. The van der Waals surface area contributed by atoms with E-state index in [2.05, 4.69) is 9.47 Å². The van der Waals surface area contributed by atoms with Crippen LogP contribution in [0.1, 0.15) is 5.56 Å². The van der Waals surface area contributed by atoms with Crippen LogP contribution in [-0.4, -0.2) is 20.2 Å². The van der Waals surface area contributed by atoms with E-state index in [0.29, 0.717) is 0 Å². The first kappa shape index (κ1) is 12.1. The van der Waals surface area contributed by atoms with Crippen molar-refractivity contribution >= 4 is 5.97 Å². The van der Waals surface area contributed by atoms with Crippen molar-refractivity contribution in [1.82, 2.24) is 0 Å². The van der Waals surface area contributed by atoms with Gasteiger partial charge in [0, 0.05) is 6.42 Å². The molecule has 0 atom stereocenters. The number of benzene rings is 1. The predicted molar refractivity (Wildman–Crippen MR) is 56.2 cm³/mol. The van der Waals surface area contributed by atoms with Gasteiger partial charge in [-0.15, -0.1) is 0 Å². The van der Waals surface area contributed by atoms with E-state index in [0.717, 1.165) is 5.56 Å². The number of methoxy groups -OCH3 is 2. The molecule has 0 N–H and O–H groups in total. The standard InChI is InChI=1S/C12H14O4/c1-15-11(13)10(12(14)16-2)8-9-6-4-3-5-7-9/h3-7,13H,8H2,1-2H3/p-1/b11-10-. The second-order valence-corrected chi connectivity index (χ2v) is 3.12. The molecule has 0 aliphatic carbocycles. The summed E-state index contributed by atoms with van der Waals surface area (Å²) in [5, 5.41) is 11.4. The first-order valence-corrected chi connectivity index (χ1v) is 4.75. The lowest BCUT2D eigenvalue weighted by molar-refractivity contribution is -0.355. The number of ether oxygens (including phenoxy) is 2. The van der Waals surface area contributed by atoms with Crippen LogP contribution in [0.25, 0.3) is 0 Å². The summed E-state index contributed by atoms with van der Waals surface area (Å²) in [5.41, 5.74) is 0.851. The minimum atomic E-state index is -0.657. The van der Waals surface area contributed by atoms with Crippen molar-refractivity contribution in [1.29, 1.82) is 0 Å². The number of hydrogen-bond donors (Lipinski definition) is 0.